The lowest BCUT2D eigenvalue weighted by atomic mass is 9.79. The fourth-order valence-electron chi connectivity index (χ4n) is 7.97. The number of aryl methyl sites for hydroxylation is 1. The monoisotopic (exact) mass is 630 g/mol. The molecule has 1 unspecified atom stereocenters. The molecule has 0 saturated heterocycles. The average Bonchev–Trinajstić information content (AvgIpc) is 3.75. The van der Waals surface area contributed by atoms with Crippen LogP contribution in [-0.2, 0) is 6.54 Å². The highest BCUT2D eigenvalue weighted by molar-refractivity contribution is 6.17. The second-order valence-corrected chi connectivity index (χ2v) is 13.3. The summed E-state index contributed by atoms with van der Waals surface area (Å²) in [4.78, 5) is 0. The molecule has 8 aromatic rings. The van der Waals surface area contributed by atoms with Crippen LogP contribution < -0.4 is 0 Å². The minimum atomic E-state index is 0.526. The molecule has 0 aliphatic heterocycles. The third kappa shape index (κ3) is 4.86. The van der Waals surface area contributed by atoms with Crippen molar-refractivity contribution in [3.05, 3.63) is 170 Å². The first-order chi connectivity index (χ1) is 24.2. The lowest BCUT2D eigenvalue weighted by Crippen LogP contribution is -2.00. The molecule has 2 heteroatoms. The maximum atomic E-state index is 2.45. The molecular formula is C47H38N2. The van der Waals surface area contributed by atoms with Crippen LogP contribution in [0, 0.1) is 5.92 Å². The quantitative estimate of drug-likeness (QED) is 0.173. The fourth-order valence-corrected chi connectivity index (χ4v) is 7.97. The van der Waals surface area contributed by atoms with Crippen molar-refractivity contribution in [2.75, 3.05) is 0 Å². The smallest absolute Gasteiger partial charge is 0.0492 e. The van der Waals surface area contributed by atoms with Crippen LogP contribution in [0.4, 0.5) is 0 Å². The zero-order chi connectivity index (χ0) is 32.9. The van der Waals surface area contributed by atoms with Gasteiger partial charge in [-0.2, -0.15) is 0 Å². The molecule has 0 fully saturated rings. The van der Waals surface area contributed by atoms with Crippen LogP contribution in [0.15, 0.2) is 164 Å². The molecule has 1 aliphatic carbocycles. The van der Waals surface area contributed by atoms with Gasteiger partial charge in [-0.05, 0) is 88.0 Å². The van der Waals surface area contributed by atoms with Crippen molar-refractivity contribution in [1.82, 2.24) is 9.13 Å². The van der Waals surface area contributed by atoms with Crippen LogP contribution in [0.3, 0.4) is 0 Å². The normalized spacial score (nSPS) is 14.6. The summed E-state index contributed by atoms with van der Waals surface area (Å²) in [5.74, 6) is 0.526. The SMILES string of the molecule is CCn1c2ccccc2c2cc(-n3cc4c(C5=CCC(C)C=C5)c(-c5ccccc5)c(-c5ccccc5)c(-c5ccccc5)c4c3)ccc21. The molecule has 0 spiro atoms. The second kappa shape index (κ2) is 12.0. The first-order valence-corrected chi connectivity index (χ1v) is 17.5. The van der Waals surface area contributed by atoms with Crippen LogP contribution in [-0.4, -0.2) is 9.13 Å². The minimum Gasteiger partial charge on any atom is -0.341 e. The molecule has 9 rings (SSSR count). The van der Waals surface area contributed by atoms with E-state index in [1.54, 1.807) is 0 Å². The molecule has 49 heavy (non-hydrogen) atoms. The second-order valence-electron chi connectivity index (χ2n) is 13.3. The number of hydrogen-bond donors (Lipinski definition) is 0. The van der Waals surface area contributed by atoms with Crippen molar-refractivity contribution in [3.63, 3.8) is 0 Å². The third-order valence-electron chi connectivity index (χ3n) is 10.3. The summed E-state index contributed by atoms with van der Waals surface area (Å²) in [6, 6.07) is 48.7. The summed E-state index contributed by atoms with van der Waals surface area (Å²) >= 11 is 0. The Hall–Kier alpha value is -5.86. The van der Waals surface area contributed by atoms with Crippen molar-refractivity contribution in [1.29, 1.82) is 0 Å². The molecule has 1 aliphatic rings. The molecule has 2 heterocycles. The first-order valence-electron chi connectivity index (χ1n) is 17.5. The lowest BCUT2D eigenvalue weighted by molar-refractivity contribution is 0.739. The number of benzene rings is 6. The Morgan fingerprint density at radius 2 is 1.10 bits per heavy atom. The highest BCUT2D eigenvalue weighted by Crippen LogP contribution is 2.50. The van der Waals surface area contributed by atoms with Gasteiger partial charge in [0.2, 0.25) is 0 Å². The molecule has 0 amide bonds. The van der Waals surface area contributed by atoms with Crippen molar-refractivity contribution in [3.8, 4) is 39.1 Å². The molecule has 0 bridgehead atoms. The van der Waals surface area contributed by atoms with E-state index in [-0.39, 0.29) is 0 Å². The largest absolute Gasteiger partial charge is 0.341 e. The summed E-state index contributed by atoms with van der Waals surface area (Å²) in [6.07, 6.45) is 13.0. The molecule has 0 saturated carbocycles. The third-order valence-corrected chi connectivity index (χ3v) is 10.3. The van der Waals surface area contributed by atoms with Gasteiger partial charge in [-0.25, -0.2) is 0 Å². The van der Waals surface area contributed by atoms with E-state index >= 15 is 0 Å². The van der Waals surface area contributed by atoms with Gasteiger partial charge in [0, 0.05) is 57.2 Å². The zero-order valence-electron chi connectivity index (χ0n) is 28.0. The zero-order valence-corrected chi connectivity index (χ0v) is 28.0. The predicted octanol–water partition coefficient (Wildman–Crippen LogP) is 12.7. The molecule has 0 radical (unpaired) electrons. The fraction of sp³-hybridized carbons (Fsp3) is 0.106. The number of aromatic nitrogens is 2. The summed E-state index contributed by atoms with van der Waals surface area (Å²) in [6.45, 7) is 5.47. The molecule has 6 aromatic carbocycles. The van der Waals surface area contributed by atoms with E-state index in [4.69, 9.17) is 0 Å². The number of nitrogens with zero attached hydrogens (tertiary/aromatic N) is 2. The van der Waals surface area contributed by atoms with Crippen LogP contribution in [0.5, 0.6) is 0 Å². The summed E-state index contributed by atoms with van der Waals surface area (Å²) in [5.41, 5.74) is 13.8. The summed E-state index contributed by atoms with van der Waals surface area (Å²) < 4.78 is 4.78. The van der Waals surface area contributed by atoms with Gasteiger partial charge in [-0.15, -0.1) is 0 Å². The molecular weight excluding hydrogens is 593 g/mol. The first kappa shape index (κ1) is 29.3. The van der Waals surface area contributed by atoms with Gasteiger partial charge in [0.15, 0.2) is 0 Å². The van der Waals surface area contributed by atoms with Crippen LogP contribution >= 0.6 is 0 Å². The Bertz CT molecular complexity index is 2540. The van der Waals surface area contributed by atoms with Crippen LogP contribution in [0.2, 0.25) is 0 Å². The lowest BCUT2D eigenvalue weighted by Gasteiger charge is -2.24. The van der Waals surface area contributed by atoms with Gasteiger partial charge < -0.3 is 9.13 Å². The highest BCUT2D eigenvalue weighted by atomic mass is 15.0. The highest BCUT2D eigenvalue weighted by Gasteiger charge is 2.26. The molecule has 2 aromatic heterocycles. The van der Waals surface area contributed by atoms with E-state index < -0.39 is 0 Å². The summed E-state index contributed by atoms with van der Waals surface area (Å²) in [7, 11) is 0. The van der Waals surface area contributed by atoms with E-state index in [1.807, 2.05) is 0 Å². The van der Waals surface area contributed by atoms with Gasteiger partial charge in [-0.1, -0.05) is 134 Å². The molecule has 236 valence electrons. The number of hydrogen-bond acceptors (Lipinski definition) is 0. The average molecular weight is 631 g/mol. The minimum absolute atomic E-state index is 0.526. The van der Waals surface area contributed by atoms with Gasteiger partial charge in [0.1, 0.15) is 0 Å². The standard InChI is InChI=1S/C47H38N2/c1-3-49-42-22-14-13-21-38(42)39-29-37(27-28-43(39)49)48-30-40-41(31-48)45(36-25-23-32(2)24-26-36)47(35-19-11-6-12-20-35)46(34-17-9-5-10-18-34)44(40)33-15-7-4-8-16-33/h4-23,25-32H,3,24H2,1-2H3. The molecule has 1 atom stereocenters. The van der Waals surface area contributed by atoms with Gasteiger partial charge in [0.25, 0.3) is 0 Å². The Morgan fingerprint density at radius 1 is 0.551 bits per heavy atom. The Balaban J connectivity index is 1.43. The van der Waals surface area contributed by atoms with E-state index in [0.29, 0.717) is 5.92 Å². The van der Waals surface area contributed by atoms with Gasteiger partial charge in [0.05, 0.1) is 0 Å². The number of allylic oxidation sites excluding steroid dienone is 4. The topological polar surface area (TPSA) is 9.86 Å². The Labute approximate surface area is 287 Å². The van der Waals surface area contributed by atoms with Crippen molar-refractivity contribution >= 4 is 38.2 Å². The van der Waals surface area contributed by atoms with Gasteiger partial charge >= 0.3 is 0 Å². The molecule has 2 nitrogen and oxygen atoms in total. The number of fused-ring (bicyclic) bond motifs is 4. The van der Waals surface area contributed by atoms with Crippen LogP contribution in [0.1, 0.15) is 25.8 Å². The molecule has 0 N–H and O–H groups in total. The Kier molecular flexibility index (Phi) is 7.16. The van der Waals surface area contributed by atoms with Gasteiger partial charge in [-0.3, -0.25) is 0 Å². The predicted molar refractivity (Wildman–Crippen MR) is 209 cm³/mol. The van der Waals surface area contributed by atoms with Crippen molar-refractivity contribution in [2.24, 2.45) is 5.92 Å². The van der Waals surface area contributed by atoms with E-state index in [2.05, 4.69) is 187 Å². The number of rotatable bonds is 6. The maximum absolute atomic E-state index is 2.45. The van der Waals surface area contributed by atoms with E-state index in [9.17, 15) is 0 Å². The summed E-state index contributed by atoms with van der Waals surface area (Å²) in [5, 5.41) is 5.11. The Morgan fingerprint density at radius 3 is 1.71 bits per heavy atom. The number of para-hydroxylation sites is 1. The van der Waals surface area contributed by atoms with E-state index in [1.165, 1.54) is 77.1 Å². The van der Waals surface area contributed by atoms with Crippen molar-refractivity contribution < 1.29 is 0 Å². The van der Waals surface area contributed by atoms with Crippen molar-refractivity contribution in [2.45, 2.75) is 26.8 Å². The van der Waals surface area contributed by atoms with E-state index in [0.717, 1.165) is 18.7 Å². The van der Waals surface area contributed by atoms with Crippen LogP contribution in [0.25, 0.3) is 77.2 Å². The maximum Gasteiger partial charge on any atom is 0.0492 e.